The lowest BCUT2D eigenvalue weighted by atomic mass is 9.82. The van der Waals surface area contributed by atoms with Crippen molar-refractivity contribution in [1.82, 2.24) is 5.32 Å². The maximum Gasteiger partial charge on any atom is 0.236 e. The summed E-state index contributed by atoms with van der Waals surface area (Å²) in [5.74, 6) is -1.31. The average Bonchev–Trinajstić information content (AvgIpc) is 2.65. The monoisotopic (exact) mass is 313 g/mol. The lowest BCUT2D eigenvalue weighted by Gasteiger charge is -2.31. The standard InChI is InChI=1S/C14H13Cl2NO3/c15-8-1-2-10(16)9(7-8)11-12(18)14(17-13(11)19)3-5-20-6-4-14/h1-2,7,11H,3-6H2,(H,17,19). The van der Waals surface area contributed by atoms with Crippen LogP contribution in [0.15, 0.2) is 18.2 Å². The van der Waals surface area contributed by atoms with Crippen LogP contribution in [0.5, 0.6) is 0 Å². The van der Waals surface area contributed by atoms with E-state index >= 15 is 0 Å². The number of hydrogen-bond acceptors (Lipinski definition) is 3. The molecule has 1 unspecified atom stereocenters. The van der Waals surface area contributed by atoms with Gasteiger partial charge in [-0.25, -0.2) is 0 Å². The zero-order valence-corrected chi connectivity index (χ0v) is 12.1. The SMILES string of the molecule is O=C1NC2(CCOCC2)C(=O)C1c1cc(Cl)ccc1Cl. The number of benzene rings is 1. The number of nitrogens with one attached hydrogen (secondary N) is 1. The van der Waals surface area contributed by atoms with Crippen LogP contribution in [-0.4, -0.2) is 30.4 Å². The minimum absolute atomic E-state index is 0.130. The van der Waals surface area contributed by atoms with Crippen LogP contribution in [0.25, 0.3) is 0 Å². The fourth-order valence-corrected chi connectivity index (χ4v) is 3.28. The summed E-state index contributed by atoms with van der Waals surface area (Å²) in [5.41, 5.74) is -0.323. The predicted octanol–water partition coefficient (Wildman–Crippen LogP) is 2.33. The highest BCUT2D eigenvalue weighted by Gasteiger charge is 2.53. The van der Waals surface area contributed by atoms with Crippen molar-refractivity contribution >= 4 is 34.9 Å². The number of carbonyl (C=O) groups excluding carboxylic acids is 2. The van der Waals surface area contributed by atoms with Crippen molar-refractivity contribution < 1.29 is 14.3 Å². The fraction of sp³-hybridized carbons (Fsp3) is 0.429. The van der Waals surface area contributed by atoms with Crippen molar-refractivity contribution in [2.45, 2.75) is 24.3 Å². The van der Waals surface area contributed by atoms with Crippen LogP contribution in [0.1, 0.15) is 24.3 Å². The van der Waals surface area contributed by atoms with E-state index in [0.29, 0.717) is 41.7 Å². The first-order valence-corrected chi connectivity index (χ1v) is 7.18. The zero-order valence-electron chi connectivity index (χ0n) is 10.6. The first kappa shape index (κ1) is 13.9. The number of rotatable bonds is 1. The second-order valence-electron chi connectivity index (χ2n) is 5.15. The molecule has 2 heterocycles. The van der Waals surface area contributed by atoms with Gasteiger partial charge in [-0.05, 0) is 23.8 Å². The van der Waals surface area contributed by atoms with Crippen molar-refractivity contribution in [3.8, 4) is 0 Å². The van der Waals surface area contributed by atoms with Crippen LogP contribution in [-0.2, 0) is 14.3 Å². The first-order chi connectivity index (χ1) is 9.53. The lowest BCUT2D eigenvalue weighted by molar-refractivity contribution is -0.127. The molecule has 1 aromatic carbocycles. The summed E-state index contributed by atoms with van der Waals surface area (Å²) in [5, 5.41) is 3.68. The predicted molar refractivity (Wildman–Crippen MR) is 75.1 cm³/mol. The molecular weight excluding hydrogens is 301 g/mol. The molecule has 1 amide bonds. The second kappa shape index (κ2) is 5.02. The Labute approximate surface area is 126 Å². The van der Waals surface area contributed by atoms with Crippen molar-refractivity contribution in [2.75, 3.05) is 13.2 Å². The Bertz CT molecular complexity index is 582. The van der Waals surface area contributed by atoms with E-state index in [1.165, 1.54) is 0 Å². The molecule has 0 aromatic heterocycles. The molecule has 1 aromatic rings. The molecule has 0 bridgehead atoms. The summed E-state index contributed by atoms with van der Waals surface area (Å²) in [6.07, 6.45) is 1.01. The van der Waals surface area contributed by atoms with Crippen molar-refractivity contribution in [2.24, 2.45) is 0 Å². The van der Waals surface area contributed by atoms with E-state index in [-0.39, 0.29) is 11.7 Å². The quantitative estimate of drug-likeness (QED) is 0.810. The Morgan fingerprint density at radius 1 is 1.20 bits per heavy atom. The minimum Gasteiger partial charge on any atom is -0.381 e. The number of ketones is 1. The first-order valence-electron chi connectivity index (χ1n) is 6.42. The van der Waals surface area contributed by atoms with Crippen LogP contribution in [0.2, 0.25) is 10.0 Å². The molecule has 1 spiro atoms. The van der Waals surface area contributed by atoms with Gasteiger partial charge >= 0.3 is 0 Å². The van der Waals surface area contributed by atoms with Gasteiger partial charge in [0.05, 0.1) is 0 Å². The molecule has 106 valence electrons. The topological polar surface area (TPSA) is 55.4 Å². The van der Waals surface area contributed by atoms with Gasteiger partial charge in [-0.15, -0.1) is 0 Å². The highest BCUT2D eigenvalue weighted by molar-refractivity contribution is 6.34. The summed E-state index contributed by atoms with van der Waals surface area (Å²) < 4.78 is 5.27. The molecule has 1 N–H and O–H groups in total. The average molecular weight is 314 g/mol. The Hall–Kier alpha value is -1.10. The van der Waals surface area contributed by atoms with Crippen LogP contribution in [0.3, 0.4) is 0 Å². The van der Waals surface area contributed by atoms with Gasteiger partial charge in [0.25, 0.3) is 0 Å². The normalized spacial score (nSPS) is 25.0. The van der Waals surface area contributed by atoms with Gasteiger partial charge in [0.2, 0.25) is 5.91 Å². The molecule has 2 aliphatic heterocycles. The van der Waals surface area contributed by atoms with Gasteiger partial charge in [0, 0.05) is 36.1 Å². The summed E-state index contributed by atoms with van der Waals surface area (Å²) >= 11 is 12.1. The zero-order chi connectivity index (χ0) is 14.3. The van der Waals surface area contributed by atoms with Gasteiger partial charge in [-0.3, -0.25) is 9.59 Å². The number of amides is 1. The Kier molecular flexibility index (Phi) is 3.48. The third-order valence-electron chi connectivity index (χ3n) is 3.97. The molecule has 20 heavy (non-hydrogen) atoms. The van der Waals surface area contributed by atoms with Gasteiger partial charge in [0.1, 0.15) is 11.5 Å². The van der Waals surface area contributed by atoms with Gasteiger partial charge in [-0.2, -0.15) is 0 Å². The summed E-state index contributed by atoms with van der Waals surface area (Å²) in [6, 6.07) is 4.83. The van der Waals surface area contributed by atoms with E-state index < -0.39 is 11.5 Å². The van der Waals surface area contributed by atoms with E-state index in [4.69, 9.17) is 27.9 Å². The van der Waals surface area contributed by atoms with Gasteiger partial charge in [0.15, 0.2) is 5.78 Å². The van der Waals surface area contributed by atoms with E-state index in [1.54, 1.807) is 18.2 Å². The molecule has 4 nitrogen and oxygen atoms in total. The minimum atomic E-state index is -0.876. The third kappa shape index (κ3) is 2.12. The molecule has 2 saturated heterocycles. The highest BCUT2D eigenvalue weighted by Crippen LogP contribution is 2.38. The number of ether oxygens (including phenoxy) is 1. The van der Waals surface area contributed by atoms with Crippen LogP contribution < -0.4 is 5.32 Å². The largest absolute Gasteiger partial charge is 0.381 e. The number of Topliss-reactive ketones (excluding diaryl/α,β-unsaturated/α-hetero) is 1. The lowest BCUT2D eigenvalue weighted by Crippen LogP contribution is -2.50. The number of hydrogen-bond donors (Lipinski definition) is 1. The molecule has 0 aliphatic carbocycles. The molecule has 2 fully saturated rings. The molecule has 0 radical (unpaired) electrons. The maximum absolute atomic E-state index is 12.7. The smallest absolute Gasteiger partial charge is 0.236 e. The van der Waals surface area contributed by atoms with Crippen LogP contribution in [0.4, 0.5) is 0 Å². The molecule has 2 aliphatic rings. The Morgan fingerprint density at radius 3 is 2.60 bits per heavy atom. The summed E-state index contributed by atoms with van der Waals surface area (Å²) in [7, 11) is 0. The van der Waals surface area contributed by atoms with E-state index in [2.05, 4.69) is 5.32 Å². The van der Waals surface area contributed by atoms with Crippen molar-refractivity contribution in [3.05, 3.63) is 33.8 Å². The maximum atomic E-state index is 12.7. The molecule has 6 heteroatoms. The van der Waals surface area contributed by atoms with Gasteiger partial charge in [-0.1, -0.05) is 23.2 Å². The van der Waals surface area contributed by atoms with Crippen LogP contribution >= 0.6 is 23.2 Å². The third-order valence-corrected chi connectivity index (χ3v) is 4.55. The van der Waals surface area contributed by atoms with Crippen LogP contribution in [0, 0.1) is 0 Å². The second-order valence-corrected chi connectivity index (χ2v) is 5.99. The molecular formula is C14H13Cl2NO3. The van der Waals surface area contributed by atoms with Crippen molar-refractivity contribution in [3.63, 3.8) is 0 Å². The number of carbonyl (C=O) groups is 2. The molecule has 0 saturated carbocycles. The van der Waals surface area contributed by atoms with Crippen molar-refractivity contribution in [1.29, 1.82) is 0 Å². The van der Waals surface area contributed by atoms with Gasteiger partial charge < -0.3 is 10.1 Å². The number of halogens is 2. The molecule has 3 rings (SSSR count). The van der Waals surface area contributed by atoms with E-state index in [9.17, 15) is 9.59 Å². The van der Waals surface area contributed by atoms with E-state index in [1.807, 2.05) is 0 Å². The fourth-order valence-electron chi connectivity index (χ4n) is 2.87. The molecule has 1 atom stereocenters. The Morgan fingerprint density at radius 2 is 1.90 bits per heavy atom. The summed E-state index contributed by atoms with van der Waals surface area (Å²) in [4.78, 5) is 25.0. The Balaban J connectivity index is 2.00. The highest BCUT2D eigenvalue weighted by atomic mass is 35.5. The summed E-state index contributed by atoms with van der Waals surface area (Å²) in [6.45, 7) is 0.948. The van der Waals surface area contributed by atoms with E-state index in [0.717, 1.165) is 0 Å².